The molecule has 0 atom stereocenters. The number of carboxylic acids is 1. The van der Waals surface area contributed by atoms with Crippen molar-refractivity contribution >= 4 is 16.0 Å². The number of aromatic carboxylic acids is 1. The van der Waals surface area contributed by atoms with Gasteiger partial charge in [0, 0.05) is 26.2 Å². The van der Waals surface area contributed by atoms with Crippen LogP contribution in [0.3, 0.4) is 0 Å². The highest BCUT2D eigenvalue weighted by Gasteiger charge is 2.24. The molecule has 1 aliphatic heterocycles. The summed E-state index contributed by atoms with van der Waals surface area (Å²) in [6.45, 7) is 0.799. The molecule has 24 heavy (non-hydrogen) atoms. The third kappa shape index (κ3) is 3.10. The van der Waals surface area contributed by atoms with Crippen LogP contribution in [0.2, 0.25) is 0 Å². The van der Waals surface area contributed by atoms with Crippen molar-refractivity contribution in [2.24, 2.45) is 0 Å². The number of hydrogen-bond acceptors (Lipinski definition) is 5. The van der Waals surface area contributed by atoms with E-state index in [0.29, 0.717) is 6.61 Å². The maximum absolute atomic E-state index is 12.6. The first-order valence-electron chi connectivity index (χ1n) is 7.28. The molecule has 7 nitrogen and oxygen atoms in total. The van der Waals surface area contributed by atoms with E-state index in [4.69, 9.17) is 9.84 Å². The molecule has 0 radical (unpaired) electrons. The zero-order valence-corrected chi connectivity index (χ0v) is 13.8. The smallest absolute Gasteiger partial charge is 0.335 e. The van der Waals surface area contributed by atoms with Crippen molar-refractivity contribution in [3.8, 4) is 5.75 Å². The number of pyridine rings is 1. The molecule has 0 amide bonds. The Kier molecular flexibility index (Phi) is 4.25. The number of fused-ring (bicyclic) bond motifs is 1. The summed E-state index contributed by atoms with van der Waals surface area (Å²) >= 11 is 0. The molecular formula is C16H16N2O5S. The highest BCUT2D eigenvalue weighted by Crippen LogP contribution is 2.27. The average Bonchev–Trinajstić information content (AvgIpc) is 3.02. The van der Waals surface area contributed by atoms with Gasteiger partial charge >= 0.3 is 5.97 Å². The van der Waals surface area contributed by atoms with Crippen molar-refractivity contribution in [2.45, 2.75) is 18.0 Å². The molecule has 2 aromatic rings. The monoisotopic (exact) mass is 348 g/mol. The molecule has 1 aromatic heterocycles. The van der Waals surface area contributed by atoms with E-state index in [1.54, 1.807) is 0 Å². The Morgan fingerprint density at radius 3 is 2.88 bits per heavy atom. The quantitative estimate of drug-likeness (QED) is 0.880. The molecule has 1 aromatic carbocycles. The third-order valence-corrected chi connectivity index (χ3v) is 5.52. The Hall–Kier alpha value is -2.45. The Balaban J connectivity index is 1.84. The normalized spacial score (nSPS) is 13.6. The van der Waals surface area contributed by atoms with Crippen LogP contribution < -0.4 is 4.74 Å². The number of nitrogens with zero attached hydrogens (tertiary/aromatic N) is 2. The number of benzene rings is 1. The minimum absolute atomic E-state index is 0.119. The van der Waals surface area contributed by atoms with Gasteiger partial charge in [0.2, 0.25) is 0 Å². The number of hydrogen-bond donors (Lipinski definition) is 1. The zero-order chi connectivity index (χ0) is 17.3. The molecule has 0 saturated carbocycles. The van der Waals surface area contributed by atoms with Gasteiger partial charge in [-0.1, -0.05) is 12.1 Å². The highest BCUT2D eigenvalue weighted by atomic mass is 32.2. The SMILES string of the molecule is CN(Cc1ccc2c(c1)CCO2)S(=O)(=O)c1cc(C(=O)O)ccn1. The minimum atomic E-state index is -3.88. The number of ether oxygens (including phenoxy) is 1. The largest absolute Gasteiger partial charge is 0.493 e. The standard InChI is InChI=1S/C16H16N2O5S/c1-18(10-11-2-3-14-12(8-11)5-7-23-14)24(21,22)15-9-13(16(19)20)4-6-17-15/h2-4,6,8-9H,5,7,10H2,1H3,(H,19,20). The average molecular weight is 348 g/mol. The summed E-state index contributed by atoms with van der Waals surface area (Å²) in [4.78, 5) is 14.8. The van der Waals surface area contributed by atoms with Gasteiger partial charge in [0.05, 0.1) is 12.2 Å². The molecule has 2 heterocycles. The van der Waals surface area contributed by atoms with E-state index >= 15 is 0 Å². The molecule has 0 spiro atoms. The van der Waals surface area contributed by atoms with E-state index < -0.39 is 16.0 Å². The van der Waals surface area contributed by atoms with Crippen LogP contribution in [0, 0.1) is 0 Å². The number of sulfonamides is 1. The summed E-state index contributed by atoms with van der Waals surface area (Å²) in [5.74, 6) is -0.366. The fraction of sp³-hybridized carbons (Fsp3) is 0.250. The van der Waals surface area contributed by atoms with Crippen molar-refractivity contribution < 1.29 is 23.1 Å². The van der Waals surface area contributed by atoms with Gasteiger partial charge in [-0.15, -0.1) is 0 Å². The van der Waals surface area contributed by atoms with Crippen molar-refractivity contribution in [1.29, 1.82) is 0 Å². The maximum atomic E-state index is 12.6. The van der Waals surface area contributed by atoms with Gasteiger partial charge < -0.3 is 9.84 Å². The second-order valence-corrected chi connectivity index (χ2v) is 7.48. The second kappa shape index (κ2) is 6.21. The molecule has 1 aliphatic rings. The minimum Gasteiger partial charge on any atom is -0.493 e. The summed E-state index contributed by atoms with van der Waals surface area (Å²) < 4.78 is 31.8. The van der Waals surface area contributed by atoms with Gasteiger partial charge in [-0.25, -0.2) is 18.2 Å². The van der Waals surface area contributed by atoms with Crippen LogP contribution in [-0.2, 0) is 23.0 Å². The molecule has 0 bridgehead atoms. The first-order chi connectivity index (χ1) is 11.4. The summed E-state index contributed by atoms with van der Waals surface area (Å²) in [6, 6.07) is 7.89. The third-order valence-electron chi connectivity index (χ3n) is 3.82. The fourth-order valence-electron chi connectivity index (χ4n) is 2.52. The maximum Gasteiger partial charge on any atom is 0.335 e. The van der Waals surface area contributed by atoms with Crippen LogP contribution in [-0.4, -0.2) is 42.4 Å². The summed E-state index contributed by atoms with van der Waals surface area (Å²) in [5, 5.41) is 8.71. The van der Waals surface area contributed by atoms with Gasteiger partial charge in [-0.3, -0.25) is 0 Å². The van der Waals surface area contributed by atoms with Crippen LogP contribution in [0.1, 0.15) is 21.5 Å². The Labute approximate surface area is 139 Å². The summed E-state index contributed by atoms with van der Waals surface area (Å²) in [6.07, 6.45) is 1.98. The molecule has 0 unspecified atom stereocenters. The van der Waals surface area contributed by atoms with Crippen LogP contribution in [0.4, 0.5) is 0 Å². The van der Waals surface area contributed by atoms with Crippen LogP contribution in [0.25, 0.3) is 0 Å². The number of carboxylic acid groups (broad SMARTS) is 1. The lowest BCUT2D eigenvalue weighted by Crippen LogP contribution is -2.27. The lowest BCUT2D eigenvalue weighted by atomic mass is 10.1. The second-order valence-electron chi connectivity index (χ2n) is 5.49. The molecule has 126 valence electrons. The number of aromatic nitrogens is 1. The number of carbonyl (C=O) groups is 1. The predicted octanol–water partition coefficient (Wildman–Crippen LogP) is 1.54. The van der Waals surface area contributed by atoms with Crippen molar-refractivity contribution in [3.05, 3.63) is 53.2 Å². The van der Waals surface area contributed by atoms with E-state index in [-0.39, 0.29) is 17.1 Å². The van der Waals surface area contributed by atoms with Gasteiger partial charge in [0.1, 0.15) is 5.75 Å². The van der Waals surface area contributed by atoms with Crippen molar-refractivity contribution in [1.82, 2.24) is 9.29 Å². The van der Waals surface area contributed by atoms with Crippen molar-refractivity contribution in [3.63, 3.8) is 0 Å². The van der Waals surface area contributed by atoms with Gasteiger partial charge in [0.25, 0.3) is 10.0 Å². The van der Waals surface area contributed by atoms with E-state index in [9.17, 15) is 13.2 Å². The lowest BCUT2D eigenvalue weighted by molar-refractivity contribution is 0.0696. The van der Waals surface area contributed by atoms with Crippen LogP contribution in [0.5, 0.6) is 5.75 Å². The van der Waals surface area contributed by atoms with E-state index in [1.807, 2.05) is 18.2 Å². The molecule has 0 fully saturated rings. The van der Waals surface area contributed by atoms with Gasteiger partial charge in [0.15, 0.2) is 5.03 Å². The topological polar surface area (TPSA) is 96.8 Å². The van der Waals surface area contributed by atoms with Crippen molar-refractivity contribution in [2.75, 3.05) is 13.7 Å². The Morgan fingerprint density at radius 1 is 1.33 bits per heavy atom. The molecule has 8 heteroatoms. The Morgan fingerprint density at radius 2 is 2.12 bits per heavy atom. The van der Waals surface area contributed by atoms with E-state index in [0.717, 1.165) is 33.7 Å². The van der Waals surface area contributed by atoms with Crippen LogP contribution >= 0.6 is 0 Å². The first-order valence-corrected chi connectivity index (χ1v) is 8.72. The molecule has 1 N–H and O–H groups in total. The zero-order valence-electron chi connectivity index (χ0n) is 13.0. The Bertz CT molecular complexity index is 895. The fourth-order valence-corrected chi connectivity index (χ4v) is 3.63. The summed E-state index contributed by atoms with van der Waals surface area (Å²) in [7, 11) is -2.44. The van der Waals surface area contributed by atoms with Gasteiger partial charge in [-0.2, -0.15) is 4.31 Å². The van der Waals surface area contributed by atoms with Crippen LogP contribution in [0.15, 0.2) is 41.6 Å². The first kappa shape index (κ1) is 16.4. The molecule has 3 rings (SSSR count). The molecule has 0 aliphatic carbocycles. The molecular weight excluding hydrogens is 332 g/mol. The summed E-state index contributed by atoms with van der Waals surface area (Å²) in [5.41, 5.74) is 1.77. The highest BCUT2D eigenvalue weighted by molar-refractivity contribution is 7.89. The van der Waals surface area contributed by atoms with Gasteiger partial charge in [-0.05, 0) is 29.3 Å². The van der Waals surface area contributed by atoms with E-state index in [1.165, 1.54) is 19.3 Å². The molecule has 0 saturated heterocycles. The number of rotatable bonds is 5. The lowest BCUT2D eigenvalue weighted by Gasteiger charge is -2.17. The van der Waals surface area contributed by atoms with E-state index in [2.05, 4.69) is 4.98 Å². The predicted molar refractivity (Wildman–Crippen MR) is 85.5 cm³/mol.